The second-order valence-electron chi connectivity index (χ2n) is 4.91. The SMILES string of the molecule is COc1cc(C=CC(=O)NC(C)c2ccccc2)ccc1O. The highest BCUT2D eigenvalue weighted by Gasteiger charge is 2.06. The van der Waals surface area contributed by atoms with Gasteiger partial charge >= 0.3 is 0 Å². The molecule has 0 heterocycles. The number of amides is 1. The van der Waals surface area contributed by atoms with Crippen molar-refractivity contribution in [1.29, 1.82) is 0 Å². The predicted octanol–water partition coefficient (Wildman–Crippen LogP) is 3.29. The number of methoxy groups -OCH3 is 1. The lowest BCUT2D eigenvalue weighted by atomic mass is 10.1. The number of nitrogens with one attached hydrogen (secondary N) is 1. The number of aromatic hydroxyl groups is 1. The molecule has 22 heavy (non-hydrogen) atoms. The van der Waals surface area contributed by atoms with Crippen molar-refractivity contribution < 1.29 is 14.6 Å². The van der Waals surface area contributed by atoms with Crippen LogP contribution in [0.2, 0.25) is 0 Å². The van der Waals surface area contributed by atoms with Crippen LogP contribution in [0.15, 0.2) is 54.6 Å². The van der Waals surface area contributed by atoms with E-state index in [1.165, 1.54) is 19.3 Å². The van der Waals surface area contributed by atoms with E-state index in [9.17, 15) is 9.90 Å². The third-order valence-corrected chi connectivity index (χ3v) is 3.29. The molecule has 0 aromatic heterocycles. The molecule has 0 fully saturated rings. The maximum Gasteiger partial charge on any atom is 0.244 e. The summed E-state index contributed by atoms with van der Waals surface area (Å²) >= 11 is 0. The summed E-state index contributed by atoms with van der Waals surface area (Å²) in [5, 5.41) is 12.4. The molecule has 0 spiro atoms. The van der Waals surface area contributed by atoms with Crippen LogP contribution in [-0.2, 0) is 4.79 Å². The van der Waals surface area contributed by atoms with Gasteiger partial charge in [-0.05, 0) is 36.3 Å². The van der Waals surface area contributed by atoms with Gasteiger partial charge in [0.05, 0.1) is 13.2 Å². The number of carbonyl (C=O) groups is 1. The molecule has 1 unspecified atom stereocenters. The van der Waals surface area contributed by atoms with Gasteiger partial charge in [0.15, 0.2) is 11.5 Å². The van der Waals surface area contributed by atoms with E-state index in [-0.39, 0.29) is 17.7 Å². The molecule has 0 aliphatic rings. The molecule has 1 atom stereocenters. The maximum absolute atomic E-state index is 11.9. The fraction of sp³-hybridized carbons (Fsp3) is 0.167. The monoisotopic (exact) mass is 297 g/mol. The highest BCUT2D eigenvalue weighted by Crippen LogP contribution is 2.26. The van der Waals surface area contributed by atoms with Gasteiger partial charge in [0.25, 0.3) is 0 Å². The molecule has 2 N–H and O–H groups in total. The Labute approximate surface area is 130 Å². The smallest absolute Gasteiger partial charge is 0.244 e. The Bertz CT molecular complexity index is 665. The van der Waals surface area contributed by atoms with E-state index in [1.54, 1.807) is 18.2 Å². The number of phenols is 1. The summed E-state index contributed by atoms with van der Waals surface area (Å²) < 4.78 is 5.03. The average Bonchev–Trinajstić information content (AvgIpc) is 2.55. The van der Waals surface area contributed by atoms with Crippen molar-refractivity contribution >= 4 is 12.0 Å². The molecular weight excluding hydrogens is 278 g/mol. The van der Waals surface area contributed by atoms with E-state index >= 15 is 0 Å². The zero-order chi connectivity index (χ0) is 15.9. The zero-order valence-corrected chi connectivity index (χ0v) is 12.6. The fourth-order valence-electron chi connectivity index (χ4n) is 2.06. The first-order chi connectivity index (χ1) is 10.6. The van der Waals surface area contributed by atoms with Crippen molar-refractivity contribution in [3.05, 3.63) is 65.7 Å². The minimum absolute atomic E-state index is 0.0623. The van der Waals surface area contributed by atoms with Gasteiger partial charge in [-0.2, -0.15) is 0 Å². The van der Waals surface area contributed by atoms with Crippen LogP contribution in [0.3, 0.4) is 0 Å². The summed E-state index contributed by atoms with van der Waals surface area (Å²) in [4.78, 5) is 11.9. The van der Waals surface area contributed by atoms with Crippen LogP contribution in [0, 0.1) is 0 Å². The van der Waals surface area contributed by atoms with Gasteiger partial charge in [-0.25, -0.2) is 0 Å². The van der Waals surface area contributed by atoms with Gasteiger partial charge in [0.2, 0.25) is 5.91 Å². The first-order valence-corrected chi connectivity index (χ1v) is 7.00. The summed E-state index contributed by atoms with van der Waals surface area (Å²) in [6.07, 6.45) is 3.14. The average molecular weight is 297 g/mol. The second kappa shape index (κ2) is 7.31. The first kappa shape index (κ1) is 15.6. The zero-order valence-electron chi connectivity index (χ0n) is 12.6. The Morgan fingerprint density at radius 1 is 1.23 bits per heavy atom. The lowest BCUT2D eigenvalue weighted by Crippen LogP contribution is -2.24. The summed E-state index contributed by atoms with van der Waals surface area (Å²) in [7, 11) is 1.48. The molecule has 4 nitrogen and oxygen atoms in total. The Kier molecular flexibility index (Phi) is 5.20. The molecule has 2 rings (SSSR count). The van der Waals surface area contributed by atoms with Gasteiger partial charge < -0.3 is 15.2 Å². The van der Waals surface area contributed by atoms with Crippen LogP contribution in [0.5, 0.6) is 11.5 Å². The van der Waals surface area contributed by atoms with E-state index in [1.807, 2.05) is 37.3 Å². The van der Waals surface area contributed by atoms with E-state index < -0.39 is 0 Å². The molecule has 0 saturated carbocycles. The minimum atomic E-state index is -0.177. The summed E-state index contributed by atoms with van der Waals surface area (Å²) in [5.41, 5.74) is 1.83. The third kappa shape index (κ3) is 4.12. The van der Waals surface area contributed by atoms with E-state index in [0.717, 1.165) is 11.1 Å². The molecule has 2 aromatic carbocycles. The second-order valence-corrected chi connectivity index (χ2v) is 4.91. The van der Waals surface area contributed by atoms with Crippen molar-refractivity contribution in [3.63, 3.8) is 0 Å². The van der Waals surface area contributed by atoms with Crippen molar-refractivity contribution in [3.8, 4) is 11.5 Å². The number of carbonyl (C=O) groups excluding carboxylic acids is 1. The standard InChI is InChI=1S/C18H19NO3/c1-13(15-6-4-3-5-7-15)19-18(21)11-9-14-8-10-16(20)17(12-14)22-2/h3-13,20H,1-2H3,(H,19,21). The molecule has 0 aliphatic heterocycles. The van der Waals surface area contributed by atoms with Gasteiger partial charge in [-0.15, -0.1) is 0 Å². The minimum Gasteiger partial charge on any atom is -0.504 e. The van der Waals surface area contributed by atoms with E-state index in [4.69, 9.17) is 4.74 Å². The quantitative estimate of drug-likeness (QED) is 0.833. The maximum atomic E-state index is 11.9. The lowest BCUT2D eigenvalue weighted by molar-refractivity contribution is -0.117. The van der Waals surface area contributed by atoms with Crippen molar-refractivity contribution in [2.75, 3.05) is 7.11 Å². The van der Waals surface area contributed by atoms with Gasteiger partial charge in [0.1, 0.15) is 0 Å². The van der Waals surface area contributed by atoms with E-state index in [0.29, 0.717) is 5.75 Å². The Hall–Kier alpha value is -2.75. The van der Waals surface area contributed by atoms with Crippen molar-refractivity contribution in [2.24, 2.45) is 0 Å². The molecule has 0 bridgehead atoms. The van der Waals surface area contributed by atoms with Crippen molar-refractivity contribution in [2.45, 2.75) is 13.0 Å². The van der Waals surface area contributed by atoms with Crippen LogP contribution in [-0.4, -0.2) is 18.1 Å². The number of ether oxygens (including phenoxy) is 1. The molecule has 0 saturated heterocycles. The largest absolute Gasteiger partial charge is 0.504 e. The highest BCUT2D eigenvalue weighted by atomic mass is 16.5. The molecule has 0 radical (unpaired) electrons. The molecule has 1 amide bonds. The van der Waals surface area contributed by atoms with E-state index in [2.05, 4.69) is 5.32 Å². The normalized spacial score (nSPS) is 12.1. The predicted molar refractivity (Wildman–Crippen MR) is 86.7 cm³/mol. The summed E-state index contributed by atoms with van der Waals surface area (Å²) in [6.45, 7) is 1.94. The number of hydrogen-bond donors (Lipinski definition) is 2. The topological polar surface area (TPSA) is 58.6 Å². The molecule has 4 heteroatoms. The molecule has 2 aromatic rings. The van der Waals surface area contributed by atoms with Crippen LogP contribution in [0.25, 0.3) is 6.08 Å². The molecular formula is C18H19NO3. The van der Waals surface area contributed by atoms with Crippen LogP contribution >= 0.6 is 0 Å². The Balaban J connectivity index is 1.99. The number of rotatable bonds is 5. The Morgan fingerprint density at radius 2 is 1.95 bits per heavy atom. The fourth-order valence-corrected chi connectivity index (χ4v) is 2.06. The van der Waals surface area contributed by atoms with Crippen LogP contribution in [0.4, 0.5) is 0 Å². The van der Waals surface area contributed by atoms with Gasteiger partial charge in [-0.1, -0.05) is 36.4 Å². The lowest BCUT2D eigenvalue weighted by Gasteiger charge is -2.12. The molecule has 114 valence electrons. The number of benzene rings is 2. The van der Waals surface area contributed by atoms with Gasteiger partial charge in [-0.3, -0.25) is 4.79 Å². The highest BCUT2D eigenvalue weighted by molar-refractivity contribution is 5.92. The van der Waals surface area contributed by atoms with Crippen molar-refractivity contribution in [1.82, 2.24) is 5.32 Å². The van der Waals surface area contributed by atoms with Gasteiger partial charge in [0, 0.05) is 6.08 Å². The molecule has 0 aliphatic carbocycles. The number of phenolic OH excluding ortho intramolecular Hbond substituents is 1. The van der Waals surface area contributed by atoms with Crippen LogP contribution in [0.1, 0.15) is 24.1 Å². The summed E-state index contributed by atoms with van der Waals surface area (Å²) in [5.74, 6) is 0.269. The third-order valence-electron chi connectivity index (χ3n) is 3.29. The summed E-state index contributed by atoms with van der Waals surface area (Å²) in [6, 6.07) is 14.6. The Morgan fingerprint density at radius 3 is 2.64 bits per heavy atom. The first-order valence-electron chi connectivity index (χ1n) is 7.00. The van der Waals surface area contributed by atoms with Crippen LogP contribution < -0.4 is 10.1 Å². The number of hydrogen-bond acceptors (Lipinski definition) is 3.